The third kappa shape index (κ3) is 9.00. The highest BCUT2D eigenvalue weighted by molar-refractivity contribution is 7.91. The van der Waals surface area contributed by atoms with Gasteiger partial charge in [-0.2, -0.15) is 0 Å². The van der Waals surface area contributed by atoms with Crippen LogP contribution in [0.5, 0.6) is 5.75 Å². The van der Waals surface area contributed by atoms with E-state index in [2.05, 4.69) is 29.2 Å². The molecule has 3 saturated carbocycles. The molecule has 16 heteroatoms. The lowest BCUT2D eigenvalue weighted by Crippen LogP contribution is -2.58. The number of nitrogens with one attached hydrogen (secondary N) is 3. The monoisotopic (exact) mass is 883 g/mol. The molecule has 4 amide bonds. The molecule has 4 aromatic rings. The molecule has 334 valence electrons. The lowest BCUT2D eigenvalue weighted by Gasteiger charge is -2.30. The third-order valence-electron chi connectivity index (χ3n) is 13.2. The Labute approximate surface area is 365 Å². The number of carbonyl (C=O) groups is 4. The van der Waals surface area contributed by atoms with Crippen LogP contribution in [0, 0.1) is 11.7 Å². The number of amides is 4. The van der Waals surface area contributed by atoms with Gasteiger partial charge >= 0.3 is 6.09 Å². The first-order valence-corrected chi connectivity index (χ1v) is 23.9. The summed E-state index contributed by atoms with van der Waals surface area (Å²) < 4.78 is 61.6. The number of benzene rings is 2. The number of furan rings is 1. The Hall–Kier alpha value is -5.51. The molecule has 63 heavy (non-hydrogen) atoms. The van der Waals surface area contributed by atoms with Gasteiger partial charge in [0, 0.05) is 29.4 Å². The Kier molecular flexibility index (Phi) is 11.7. The van der Waals surface area contributed by atoms with E-state index < -0.39 is 74.5 Å². The van der Waals surface area contributed by atoms with E-state index in [0.29, 0.717) is 60.2 Å². The minimum atomic E-state index is -3.93. The molecule has 3 N–H and O–H groups in total. The topological polar surface area (TPSA) is 186 Å². The van der Waals surface area contributed by atoms with Crippen LogP contribution in [0.25, 0.3) is 33.3 Å². The number of carbonyl (C=O) groups excluding carboxylic acids is 4. The van der Waals surface area contributed by atoms with Crippen molar-refractivity contribution < 1.29 is 45.9 Å². The second kappa shape index (κ2) is 17.2. The second-order valence-corrected chi connectivity index (χ2v) is 20.2. The lowest BCUT2D eigenvalue weighted by atomic mass is 10.0. The molecule has 0 bridgehead atoms. The molecule has 1 saturated heterocycles. The molecule has 0 radical (unpaired) electrons. The number of alkyl carbamates (subject to hydrolysis) is 1. The van der Waals surface area contributed by atoms with E-state index >= 15 is 0 Å². The van der Waals surface area contributed by atoms with Crippen molar-refractivity contribution >= 4 is 55.9 Å². The molecule has 2 aliphatic heterocycles. The molecular formula is C47H54FN5O9S. The van der Waals surface area contributed by atoms with E-state index in [1.54, 1.807) is 6.07 Å². The minimum Gasteiger partial charge on any atom is -0.484 e. The summed E-state index contributed by atoms with van der Waals surface area (Å²) in [6.45, 7) is 4.13. The molecule has 9 rings (SSSR count). The summed E-state index contributed by atoms with van der Waals surface area (Å²) in [6.07, 6.45) is 9.64. The fraction of sp³-hybridized carbons (Fsp3) is 0.511. The number of aromatic nitrogens is 1. The maximum absolute atomic E-state index is 14.8. The zero-order chi connectivity index (χ0) is 44.0. The molecule has 5 atom stereocenters. The molecule has 2 aromatic carbocycles. The Balaban J connectivity index is 1.06. The summed E-state index contributed by atoms with van der Waals surface area (Å²) in [7, 11) is -3.93. The highest BCUT2D eigenvalue weighted by Crippen LogP contribution is 2.46. The van der Waals surface area contributed by atoms with E-state index in [0.717, 1.165) is 49.7 Å². The van der Waals surface area contributed by atoms with Crippen LogP contribution < -0.4 is 20.1 Å². The normalized spacial score (nSPS) is 26.4. The molecule has 3 aliphatic carbocycles. The van der Waals surface area contributed by atoms with Gasteiger partial charge in [-0.3, -0.25) is 19.1 Å². The van der Waals surface area contributed by atoms with Crippen LogP contribution >= 0.6 is 0 Å². The number of pyridine rings is 1. The van der Waals surface area contributed by atoms with Crippen molar-refractivity contribution in [3.05, 3.63) is 72.1 Å². The number of sulfonamides is 1. The van der Waals surface area contributed by atoms with Crippen LogP contribution in [0.2, 0.25) is 0 Å². The van der Waals surface area contributed by atoms with Crippen molar-refractivity contribution in [1.82, 2.24) is 25.2 Å². The summed E-state index contributed by atoms with van der Waals surface area (Å²) in [6, 6.07) is 11.7. The number of halogens is 1. The maximum Gasteiger partial charge on any atom is 0.408 e. The van der Waals surface area contributed by atoms with Crippen LogP contribution in [0.15, 0.2) is 65.1 Å². The van der Waals surface area contributed by atoms with E-state index in [4.69, 9.17) is 18.9 Å². The Bertz CT molecular complexity index is 2570. The highest BCUT2D eigenvalue weighted by Gasteiger charge is 2.62. The van der Waals surface area contributed by atoms with Crippen molar-refractivity contribution in [3.63, 3.8) is 0 Å². The van der Waals surface area contributed by atoms with E-state index in [1.807, 2.05) is 36.4 Å². The van der Waals surface area contributed by atoms with Crippen LogP contribution in [-0.2, 0) is 29.1 Å². The van der Waals surface area contributed by atoms with Gasteiger partial charge < -0.3 is 29.4 Å². The number of ether oxygens (including phenoxy) is 2. The first kappa shape index (κ1) is 42.8. The predicted octanol–water partition coefficient (Wildman–Crippen LogP) is 7.30. The van der Waals surface area contributed by atoms with Crippen molar-refractivity contribution in [3.8, 4) is 17.0 Å². The van der Waals surface area contributed by atoms with Gasteiger partial charge in [-0.25, -0.2) is 22.6 Å². The molecule has 14 nitrogen and oxygen atoms in total. The lowest BCUT2D eigenvalue weighted by molar-refractivity contribution is -0.141. The average molecular weight is 884 g/mol. The molecule has 4 heterocycles. The zero-order valence-corrected chi connectivity index (χ0v) is 36.4. The molecule has 4 fully saturated rings. The molecule has 0 spiro atoms. The summed E-state index contributed by atoms with van der Waals surface area (Å²) in [5, 5.41) is 5.52. The van der Waals surface area contributed by atoms with E-state index in [1.165, 1.54) is 23.1 Å². The van der Waals surface area contributed by atoms with Crippen LogP contribution in [0.3, 0.4) is 0 Å². The van der Waals surface area contributed by atoms with Crippen LogP contribution in [0.1, 0.15) is 109 Å². The fourth-order valence-electron chi connectivity index (χ4n) is 9.31. The fourth-order valence-corrected chi connectivity index (χ4v) is 10.7. The summed E-state index contributed by atoms with van der Waals surface area (Å²) >= 11 is 0. The Morgan fingerprint density at radius 3 is 2.48 bits per heavy atom. The van der Waals surface area contributed by atoms with Gasteiger partial charge in [0.05, 0.1) is 17.5 Å². The summed E-state index contributed by atoms with van der Waals surface area (Å²) in [5.41, 5.74) is 1.93. The third-order valence-corrected chi connectivity index (χ3v) is 15.0. The maximum atomic E-state index is 14.8. The largest absolute Gasteiger partial charge is 0.484 e. The van der Waals surface area contributed by atoms with E-state index in [9.17, 15) is 32.0 Å². The SMILES string of the molecule is CC(C)c1ccc(-c2cc(O[C@@H]3C[C@H]4C(=O)N[C@]5(C(=O)NS(=O)(=O)C6CC6)C[C@H]5/C=C\CCCCC[C@H](NC(=O)OC5CCCC5)C(=O)N4C3)c3oc4ccc(F)cc4c3n2)cc1. The van der Waals surface area contributed by atoms with Gasteiger partial charge in [0.2, 0.25) is 21.8 Å². The number of hydrogen-bond acceptors (Lipinski definition) is 10. The summed E-state index contributed by atoms with van der Waals surface area (Å²) in [5.74, 6) is -2.33. The Morgan fingerprint density at radius 2 is 1.73 bits per heavy atom. The first-order valence-electron chi connectivity index (χ1n) is 22.4. The molecular weight excluding hydrogens is 830 g/mol. The number of nitrogens with zero attached hydrogens (tertiary/aromatic N) is 2. The Morgan fingerprint density at radius 1 is 0.968 bits per heavy atom. The van der Waals surface area contributed by atoms with Crippen molar-refractivity contribution in [2.24, 2.45) is 5.92 Å². The number of fused-ring (bicyclic) bond motifs is 5. The van der Waals surface area contributed by atoms with Crippen LogP contribution in [-0.4, -0.2) is 83.7 Å². The van der Waals surface area contributed by atoms with Crippen molar-refractivity contribution in [2.75, 3.05) is 6.54 Å². The van der Waals surface area contributed by atoms with Gasteiger partial charge in [-0.15, -0.1) is 0 Å². The van der Waals surface area contributed by atoms with Crippen LogP contribution in [0.4, 0.5) is 9.18 Å². The number of hydrogen-bond donors (Lipinski definition) is 3. The van der Waals surface area contributed by atoms with Crippen molar-refractivity contribution in [2.45, 2.75) is 138 Å². The zero-order valence-electron chi connectivity index (χ0n) is 35.6. The molecule has 0 unspecified atom stereocenters. The molecule has 2 aromatic heterocycles. The van der Waals surface area contributed by atoms with Gasteiger partial charge in [-0.05, 0) is 93.9 Å². The van der Waals surface area contributed by atoms with Gasteiger partial charge in [0.25, 0.3) is 5.91 Å². The first-order chi connectivity index (χ1) is 30.3. The smallest absolute Gasteiger partial charge is 0.408 e. The van der Waals surface area contributed by atoms with Gasteiger partial charge in [-0.1, -0.05) is 63.1 Å². The minimum absolute atomic E-state index is 0.0213. The predicted molar refractivity (Wildman–Crippen MR) is 232 cm³/mol. The van der Waals surface area contributed by atoms with Crippen molar-refractivity contribution in [1.29, 1.82) is 0 Å². The van der Waals surface area contributed by atoms with Gasteiger partial charge in [0.15, 0.2) is 11.3 Å². The quantitative estimate of drug-likeness (QED) is 0.144. The molecule has 5 aliphatic rings. The summed E-state index contributed by atoms with van der Waals surface area (Å²) in [4.78, 5) is 63.0. The number of rotatable bonds is 9. The second-order valence-electron chi connectivity index (χ2n) is 18.2. The standard InChI is InChI=1S/C47H54FN5O9S/c1-27(2)28-14-16-29(17-15-28)37-24-40(42-41(49-37)35-22-31(48)18-21-39(35)62-42)60-33-23-38-43(54)51-47(45(56)52-63(58,59)34-19-20-34)25-30(47)10-6-4-3-5-7-13-36(44(55)53(38)26-33)50-46(57)61-32-11-8-9-12-32/h6,10,14-18,21-22,24,27,30,32-34,36,38H,3-5,7-9,11-13,19-20,23,25-26H2,1-2H3,(H,50,57)(H,51,54)(H,52,56)/b10-6-/t30-,33-,36+,38+,47-/m1/s1. The van der Waals surface area contributed by atoms with E-state index in [-0.39, 0.29) is 36.8 Å². The average Bonchev–Trinajstić information content (AvgIpc) is 4.07. The highest BCUT2D eigenvalue weighted by atomic mass is 32.2. The van der Waals surface area contributed by atoms with Gasteiger partial charge in [0.1, 0.15) is 46.7 Å². The number of allylic oxidation sites excluding steroid dienone is 1.